The number of rotatable bonds is 1. The van der Waals surface area contributed by atoms with E-state index in [-0.39, 0.29) is 5.37 Å². The van der Waals surface area contributed by atoms with Crippen LogP contribution in [-0.2, 0) is 0 Å². The van der Waals surface area contributed by atoms with Crippen molar-refractivity contribution in [1.29, 1.82) is 0 Å². The van der Waals surface area contributed by atoms with Crippen molar-refractivity contribution >= 4 is 11.8 Å². The van der Waals surface area contributed by atoms with Crippen molar-refractivity contribution in [2.45, 2.75) is 12.3 Å². The molecule has 0 aliphatic carbocycles. The second kappa shape index (κ2) is 4.49. The predicted octanol–water partition coefficient (Wildman–Crippen LogP) is 2.94. The van der Waals surface area contributed by atoms with Gasteiger partial charge in [-0.25, -0.2) is 8.78 Å². The van der Waals surface area contributed by atoms with Gasteiger partial charge in [0.05, 0.1) is 5.37 Å². The lowest BCUT2D eigenvalue weighted by atomic mass is 10.1. The molecule has 1 heterocycles. The van der Waals surface area contributed by atoms with Gasteiger partial charge in [-0.15, -0.1) is 11.8 Å². The van der Waals surface area contributed by atoms with E-state index in [0.717, 1.165) is 17.9 Å². The molecule has 1 N–H and O–H groups in total. The smallest absolute Gasteiger partial charge is 0.159 e. The predicted molar refractivity (Wildman–Crippen MR) is 58.7 cm³/mol. The first-order valence-corrected chi connectivity index (χ1v) is 6.01. The van der Waals surface area contributed by atoms with Gasteiger partial charge in [-0.1, -0.05) is 13.0 Å². The van der Waals surface area contributed by atoms with Crippen molar-refractivity contribution in [3.63, 3.8) is 0 Å². The fourth-order valence-corrected chi connectivity index (χ4v) is 2.77. The second-order valence-electron chi connectivity index (χ2n) is 3.90. The third kappa shape index (κ3) is 2.49. The Morgan fingerprint density at radius 2 is 2.13 bits per heavy atom. The minimum Gasteiger partial charge on any atom is -0.301 e. The summed E-state index contributed by atoms with van der Waals surface area (Å²) in [6, 6.07) is 4.10. The minimum atomic E-state index is -0.784. The van der Waals surface area contributed by atoms with Crippen LogP contribution in [0, 0.1) is 17.6 Å². The number of hydrogen-bond donors (Lipinski definition) is 1. The highest BCUT2D eigenvalue weighted by Crippen LogP contribution is 2.31. The van der Waals surface area contributed by atoms with E-state index >= 15 is 0 Å². The minimum absolute atomic E-state index is 0.0938. The van der Waals surface area contributed by atoms with Crippen molar-refractivity contribution in [3.05, 3.63) is 35.4 Å². The summed E-state index contributed by atoms with van der Waals surface area (Å²) < 4.78 is 25.7. The standard InChI is InChI=1S/C11H13F2NS/c1-7-5-14-11(15-6-7)8-2-3-9(12)10(13)4-8/h2-4,7,11,14H,5-6H2,1H3. The van der Waals surface area contributed by atoms with Gasteiger partial charge in [0.2, 0.25) is 0 Å². The fourth-order valence-electron chi connectivity index (χ4n) is 1.58. The largest absolute Gasteiger partial charge is 0.301 e. The Bertz CT molecular complexity index is 348. The summed E-state index contributed by atoms with van der Waals surface area (Å²) in [4.78, 5) is 0. The van der Waals surface area contributed by atoms with Crippen LogP contribution < -0.4 is 5.32 Å². The van der Waals surface area contributed by atoms with Crippen molar-refractivity contribution in [3.8, 4) is 0 Å². The van der Waals surface area contributed by atoms with Crippen LogP contribution in [-0.4, -0.2) is 12.3 Å². The number of benzene rings is 1. The Kier molecular flexibility index (Phi) is 3.26. The molecule has 1 aliphatic rings. The van der Waals surface area contributed by atoms with Crippen LogP contribution in [0.3, 0.4) is 0 Å². The molecule has 0 spiro atoms. The van der Waals surface area contributed by atoms with Gasteiger partial charge >= 0.3 is 0 Å². The summed E-state index contributed by atoms with van der Waals surface area (Å²) in [5, 5.41) is 3.40. The summed E-state index contributed by atoms with van der Waals surface area (Å²) in [6.45, 7) is 3.10. The molecule has 0 amide bonds. The average molecular weight is 229 g/mol. The summed E-state index contributed by atoms with van der Waals surface area (Å²) in [5.74, 6) is 0.134. The number of halogens is 2. The van der Waals surface area contributed by atoms with Crippen LogP contribution in [0.25, 0.3) is 0 Å². The van der Waals surface area contributed by atoms with Crippen LogP contribution in [0.5, 0.6) is 0 Å². The number of hydrogen-bond acceptors (Lipinski definition) is 2. The lowest BCUT2D eigenvalue weighted by Crippen LogP contribution is -2.31. The fraction of sp³-hybridized carbons (Fsp3) is 0.455. The van der Waals surface area contributed by atoms with Crippen LogP contribution in [0.1, 0.15) is 17.9 Å². The molecule has 2 unspecified atom stereocenters. The van der Waals surface area contributed by atoms with Crippen molar-refractivity contribution < 1.29 is 8.78 Å². The third-order valence-electron chi connectivity index (χ3n) is 2.45. The van der Waals surface area contributed by atoms with E-state index < -0.39 is 11.6 Å². The molecule has 1 aromatic rings. The highest BCUT2D eigenvalue weighted by Gasteiger charge is 2.20. The molecule has 2 rings (SSSR count). The highest BCUT2D eigenvalue weighted by atomic mass is 32.2. The average Bonchev–Trinajstić information content (AvgIpc) is 2.23. The molecule has 0 aromatic heterocycles. The molecule has 1 nitrogen and oxygen atoms in total. The van der Waals surface area contributed by atoms with Crippen molar-refractivity contribution in [2.24, 2.45) is 5.92 Å². The van der Waals surface area contributed by atoms with Gasteiger partial charge in [-0.3, -0.25) is 0 Å². The molecular formula is C11H13F2NS. The molecule has 1 aliphatic heterocycles. The second-order valence-corrected chi connectivity index (χ2v) is 5.04. The Hall–Kier alpha value is -0.610. The molecule has 0 bridgehead atoms. The maximum Gasteiger partial charge on any atom is 0.159 e. The molecule has 1 aromatic carbocycles. The summed E-state index contributed by atoms with van der Waals surface area (Å²) in [7, 11) is 0. The lowest BCUT2D eigenvalue weighted by molar-refractivity contribution is 0.500. The van der Waals surface area contributed by atoms with E-state index in [1.807, 2.05) is 0 Å². The molecule has 15 heavy (non-hydrogen) atoms. The Balaban J connectivity index is 2.12. The highest BCUT2D eigenvalue weighted by molar-refractivity contribution is 7.99. The molecule has 1 saturated heterocycles. The molecule has 0 saturated carbocycles. The van der Waals surface area contributed by atoms with E-state index in [4.69, 9.17) is 0 Å². The van der Waals surface area contributed by atoms with Gasteiger partial charge in [-0.2, -0.15) is 0 Å². The van der Waals surface area contributed by atoms with Crippen molar-refractivity contribution in [2.75, 3.05) is 12.3 Å². The molecule has 4 heteroatoms. The maximum absolute atomic E-state index is 13.0. The quantitative estimate of drug-likeness (QED) is 0.794. The zero-order chi connectivity index (χ0) is 10.8. The molecule has 1 fully saturated rings. The molecular weight excluding hydrogens is 216 g/mol. The van der Waals surface area contributed by atoms with Gasteiger partial charge in [-0.05, 0) is 35.9 Å². The maximum atomic E-state index is 13.0. The van der Waals surface area contributed by atoms with E-state index in [1.165, 1.54) is 12.1 Å². The van der Waals surface area contributed by atoms with Crippen LogP contribution in [0.4, 0.5) is 8.78 Å². The van der Waals surface area contributed by atoms with Gasteiger partial charge < -0.3 is 5.32 Å². The van der Waals surface area contributed by atoms with Gasteiger partial charge in [0, 0.05) is 0 Å². The van der Waals surface area contributed by atoms with Crippen LogP contribution in [0.2, 0.25) is 0 Å². The monoisotopic (exact) mass is 229 g/mol. The van der Waals surface area contributed by atoms with E-state index in [2.05, 4.69) is 12.2 Å². The zero-order valence-corrected chi connectivity index (χ0v) is 9.28. The normalized spacial score (nSPS) is 26.6. The Morgan fingerprint density at radius 1 is 1.33 bits per heavy atom. The van der Waals surface area contributed by atoms with Crippen LogP contribution in [0.15, 0.2) is 18.2 Å². The topological polar surface area (TPSA) is 12.0 Å². The van der Waals surface area contributed by atoms with Gasteiger partial charge in [0.25, 0.3) is 0 Å². The Morgan fingerprint density at radius 3 is 2.73 bits per heavy atom. The van der Waals surface area contributed by atoms with Gasteiger partial charge in [0.15, 0.2) is 11.6 Å². The van der Waals surface area contributed by atoms with Gasteiger partial charge in [0.1, 0.15) is 0 Å². The summed E-state index contributed by atoms with van der Waals surface area (Å²) in [5.41, 5.74) is 0.811. The molecule has 2 atom stereocenters. The van der Waals surface area contributed by atoms with Crippen molar-refractivity contribution in [1.82, 2.24) is 5.32 Å². The number of thioether (sulfide) groups is 1. The molecule has 82 valence electrons. The summed E-state index contributed by atoms with van der Waals surface area (Å²) in [6.07, 6.45) is 0. The molecule has 0 radical (unpaired) electrons. The Labute approximate surface area is 92.3 Å². The van der Waals surface area contributed by atoms with E-state index in [1.54, 1.807) is 17.8 Å². The van der Waals surface area contributed by atoms with E-state index in [9.17, 15) is 8.78 Å². The summed E-state index contributed by atoms with van der Waals surface area (Å²) >= 11 is 1.74. The van der Waals surface area contributed by atoms with Crippen LogP contribution >= 0.6 is 11.8 Å². The first kappa shape index (κ1) is 10.9. The SMILES string of the molecule is CC1CNC(c2ccc(F)c(F)c2)SC1. The third-order valence-corrected chi connectivity index (χ3v) is 3.98. The van der Waals surface area contributed by atoms with E-state index in [0.29, 0.717) is 5.92 Å². The lowest BCUT2D eigenvalue weighted by Gasteiger charge is -2.27. The number of nitrogens with one attached hydrogen (secondary N) is 1. The first-order chi connectivity index (χ1) is 7.16. The first-order valence-electron chi connectivity index (χ1n) is 4.97. The zero-order valence-electron chi connectivity index (χ0n) is 8.47.